The summed E-state index contributed by atoms with van der Waals surface area (Å²) in [6.45, 7) is 0. The Morgan fingerprint density at radius 1 is 0.889 bits per heavy atom. The summed E-state index contributed by atoms with van der Waals surface area (Å²) in [7, 11) is 2.06. The number of hydrogen-bond donors (Lipinski definition) is 0. The standard InChI is InChI=1S/C24H18ClNO/c1-26-22-10-6-5-9-20(22)21(24(26)18-7-3-2-4-8-18)15-16-23(27)17-11-13-19(25)14-12-17/h2-16H,1H3/b16-15+. The smallest absolute Gasteiger partial charge is 0.185 e. The van der Waals surface area contributed by atoms with Crippen molar-refractivity contribution in [3.8, 4) is 11.3 Å². The monoisotopic (exact) mass is 371 g/mol. The Bertz CT molecular complexity index is 1140. The molecular formula is C24H18ClNO. The van der Waals surface area contributed by atoms with E-state index in [1.54, 1.807) is 30.3 Å². The molecule has 0 radical (unpaired) electrons. The fourth-order valence-electron chi connectivity index (χ4n) is 3.41. The van der Waals surface area contributed by atoms with Crippen LogP contribution in [0, 0.1) is 0 Å². The highest BCUT2D eigenvalue weighted by atomic mass is 35.5. The molecule has 0 N–H and O–H groups in total. The number of hydrogen-bond acceptors (Lipinski definition) is 1. The molecule has 2 nitrogen and oxygen atoms in total. The molecule has 0 fully saturated rings. The van der Waals surface area contributed by atoms with Crippen molar-refractivity contribution in [3.05, 3.63) is 101 Å². The third-order valence-corrected chi connectivity index (χ3v) is 4.98. The Morgan fingerprint density at radius 2 is 1.56 bits per heavy atom. The van der Waals surface area contributed by atoms with Crippen molar-refractivity contribution in [2.24, 2.45) is 7.05 Å². The Morgan fingerprint density at radius 3 is 2.30 bits per heavy atom. The maximum atomic E-state index is 12.6. The van der Waals surface area contributed by atoms with Crippen LogP contribution >= 0.6 is 11.6 Å². The average Bonchev–Trinajstić information content (AvgIpc) is 2.99. The highest BCUT2D eigenvalue weighted by molar-refractivity contribution is 6.30. The van der Waals surface area contributed by atoms with E-state index in [4.69, 9.17) is 11.6 Å². The lowest BCUT2D eigenvalue weighted by molar-refractivity contribution is 0.104. The van der Waals surface area contributed by atoms with Gasteiger partial charge in [0.05, 0.1) is 5.69 Å². The molecule has 27 heavy (non-hydrogen) atoms. The molecule has 0 atom stereocenters. The molecule has 0 saturated carbocycles. The molecule has 0 unspecified atom stereocenters. The molecule has 1 aromatic heterocycles. The first-order valence-corrected chi connectivity index (χ1v) is 9.14. The van der Waals surface area contributed by atoms with Crippen LogP contribution in [-0.4, -0.2) is 10.4 Å². The Hall–Kier alpha value is -3.10. The van der Waals surface area contributed by atoms with E-state index in [0.717, 1.165) is 27.7 Å². The highest BCUT2D eigenvalue weighted by Crippen LogP contribution is 2.34. The third kappa shape index (κ3) is 3.32. The summed E-state index contributed by atoms with van der Waals surface area (Å²) in [6, 6.07) is 25.4. The van der Waals surface area contributed by atoms with E-state index >= 15 is 0 Å². The van der Waals surface area contributed by atoms with E-state index in [0.29, 0.717) is 10.6 Å². The number of carbonyl (C=O) groups is 1. The number of ketones is 1. The number of benzene rings is 3. The molecule has 0 aliphatic heterocycles. The number of halogens is 1. The summed E-state index contributed by atoms with van der Waals surface area (Å²) in [5.41, 5.74) is 5.01. The van der Waals surface area contributed by atoms with E-state index < -0.39 is 0 Å². The van der Waals surface area contributed by atoms with E-state index in [1.807, 2.05) is 36.4 Å². The molecule has 132 valence electrons. The normalized spacial score (nSPS) is 11.3. The van der Waals surface area contributed by atoms with Crippen LogP contribution < -0.4 is 0 Å². The minimum absolute atomic E-state index is 0.0430. The van der Waals surface area contributed by atoms with Gasteiger partial charge in [-0.1, -0.05) is 60.1 Å². The zero-order valence-corrected chi connectivity index (χ0v) is 15.6. The van der Waals surface area contributed by atoms with Gasteiger partial charge in [0.25, 0.3) is 0 Å². The number of nitrogens with zero attached hydrogens (tertiary/aromatic N) is 1. The number of aryl methyl sites for hydroxylation is 1. The molecule has 0 aliphatic carbocycles. The average molecular weight is 372 g/mol. The van der Waals surface area contributed by atoms with Crippen molar-refractivity contribution >= 4 is 34.4 Å². The van der Waals surface area contributed by atoms with Crippen LogP contribution in [-0.2, 0) is 7.05 Å². The first-order chi connectivity index (χ1) is 13.1. The maximum Gasteiger partial charge on any atom is 0.185 e. The molecule has 1 heterocycles. The summed E-state index contributed by atoms with van der Waals surface area (Å²) in [6.07, 6.45) is 3.55. The van der Waals surface area contributed by atoms with Crippen LogP contribution in [0.1, 0.15) is 15.9 Å². The van der Waals surface area contributed by atoms with Gasteiger partial charge in [-0.2, -0.15) is 0 Å². The van der Waals surface area contributed by atoms with Crippen molar-refractivity contribution < 1.29 is 4.79 Å². The highest BCUT2D eigenvalue weighted by Gasteiger charge is 2.14. The summed E-state index contributed by atoms with van der Waals surface area (Å²) < 4.78 is 2.18. The molecule has 0 saturated heterocycles. The SMILES string of the molecule is Cn1c(-c2ccccc2)c(/C=C/C(=O)c2ccc(Cl)cc2)c2ccccc21. The molecule has 0 spiro atoms. The summed E-state index contributed by atoms with van der Waals surface area (Å²) in [5.74, 6) is -0.0430. The Kier molecular flexibility index (Phi) is 4.66. The zero-order valence-electron chi connectivity index (χ0n) is 14.9. The van der Waals surface area contributed by atoms with Crippen molar-refractivity contribution in [2.75, 3.05) is 0 Å². The summed E-state index contributed by atoms with van der Waals surface area (Å²) >= 11 is 5.91. The van der Waals surface area contributed by atoms with Gasteiger partial charge in [0.15, 0.2) is 5.78 Å². The van der Waals surface area contributed by atoms with Crippen LogP contribution in [0.2, 0.25) is 5.02 Å². The second kappa shape index (κ2) is 7.26. The van der Waals surface area contributed by atoms with Crippen molar-refractivity contribution in [3.63, 3.8) is 0 Å². The lowest BCUT2D eigenvalue weighted by Crippen LogP contribution is -1.94. The van der Waals surface area contributed by atoms with Crippen molar-refractivity contribution in [1.29, 1.82) is 0 Å². The first-order valence-electron chi connectivity index (χ1n) is 8.76. The van der Waals surface area contributed by atoms with E-state index in [-0.39, 0.29) is 5.78 Å². The number of para-hydroxylation sites is 1. The fraction of sp³-hybridized carbons (Fsp3) is 0.0417. The molecule has 3 aromatic carbocycles. The molecule has 0 bridgehead atoms. The van der Waals surface area contributed by atoms with Crippen LogP contribution in [0.4, 0.5) is 0 Å². The summed E-state index contributed by atoms with van der Waals surface area (Å²) in [4.78, 5) is 12.6. The predicted octanol–water partition coefficient (Wildman–Crippen LogP) is 6.39. The molecule has 4 rings (SSSR count). The molecular weight excluding hydrogens is 354 g/mol. The second-order valence-corrected chi connectivity index (χ2v) is 6.85. The van der Waals surface area contributed by atoms with Gasteiger partial charge in [0.1, 0.15) is 0 Å². The zero-order chi connectivity index (χ0) is 18.8. The molecule has 0 amide bonds. The quantitative estimate of drug-likeness (QED) is 0.300. The summed E-state index contributed by atoms with van der Waals surface area (Å²) in [5, 5.41) is 1.75. The first kappa shape index (κ1) is 17.3. The van der Waals surface area contributed by atoms with E-state index in [9.17, 15) is 4.79 Å². The van der Waals surface area contributed by atoms with Gasteiger partial charge < -0.3 is 4.57 Å². The second-order valence-electron chi connectivity index (χ2n) is 6.41. The van der Waals surface area contributed by atoms with Crippen LogP contribution in [0.3, 0.4) is 0 Å². The van der Waals surface area contributed by atoms with Gasteiger partial charge >= 0.3 is 0 Å². The lowest BCUT2D eigenvalue weighted by Gasteiger charge is -2.06. The lowest BCUT2D eigenvalue weighted by atomic mass is 10.0. The maximum absolute atomic E-state index is 12.6. The number of fused-ring (bicyclic) bond motifs is 1. The topological polar surface area (TPSA) is 22.0 Å². The molecule has 4 aromatic rings. The minimum atomic E-state index is -0.0430. The van der Waals surface area contributed by atoms with E-state index in [2.05, 4.69) is 35.9 Å². The van der Waals surface area contributed by atoms with Gasteiger partial charge in [-0.25, -0.2) is 0 Å². The van der Waals surface area contributed by atoms with Gasteiger partial charge in [-0.05, 0) is 48.0 Å². The van der Waals surface area contributed by atoms with Gasteiger partial charge in [0.2, 0.25) is 0 Å². The number of allylic oxidation sites excluding steroid dienone is 1. The number of carbonyl (C=O) groups excluding carboxylic acids is 1. The third-order valence-electron chi connectivity index (χ3n) is 4.72. The Balaban J connectivity index is 1.83. The van der Waals surface area contributed by atoms with Gasteiger partial charge in [-0.15, -0.1) is 0 Å². The Labute approximate surface area is 163 Å². The largest absolute Gasteiger partial charge is 0.343 e. The van der Waals surface area contributed by atoms with Crippen LogP contribution in [0.5, 0.6) is 0 Å². The van der Waals surface area contributed by atoms with Gasteiger partial charge in [-0.3, -0.25) is 4.79 Å². The molecule has 0 aliphatic rings. The van der Waals surface area contributed by atoms with Crippen LogP contribution in [0.15, 0.2) is 84.9 Å². The number of aromatic nitrogens is 1. The predicted molar refractivity (Wildman–Crippen MR) is 113 cm³/mol. The van der Waals surface area contributed by atoms with E-state index in [1.165, 1.54) is 0 Å². The van der Waals surface area contributed by atoms with Crippen molar-refractivity contribution in [2.45, 2.75) is 0 Å². The minimum Gasteiger partial charge on any atom is -0.343 e. The fourth-order valence-corrected chi connectivity index (χ4v) is 3.53. The number of rotatable bonds is 4. The van der Waals surface area contributed by atoms with Crippen molar-refractivity contribution in [1.82, 2.24) is 4.57 Å². The molecule has 3 heteroatoms. The van der Waals surface area contributed by atoms with Gasteiger partial charge in [0, 0.05) is 34.1 Å². The van der Waals surface area contributed by atoms with Crippen LogP contribution in [0.25, 0.3) is 28.2 Å².